The zero-order valence-corrected chi connectivity index (χ0v) is 12.1. The minimum Gasteiger partial charge on any atom is -0.477 e. The van der Waals surface area contributed by atoms with Crippen molar-refractivity contribution in [3.63, 3.8) is 0 Å². The van der Waals surface area contributed by atoms with E-state index in [0.29, 0.717) is 5.92 Å². The van der Waals surface area contributed by atoms with Crippen molar-refractivity contribution in [3.8, 4) is 0 Å². The number of pyridine rings is 1. The molecule has 1 aliphatic rings. The number of rotatable bonds is 6. The van der Waals surface area contributed by atoms with Crippen molar-refractivity contribution in [2.75, 3.05) is 0 Å². The van der Waals surface area contributed by atoms with Crippen LogP contribution in [0.4, 0.5) is 0 Å². The number of carboxylic acids is 1. The molecule has 3 heteroatoms. The molecule has 0 amide bonds. The predicted octanol–water partition coefficient (Wildman–Crippen LogP) is 4.26. The Morgan fingerprint density at radius 2 is 2.21 bits per heavy atom. The first-order valence-corrected chi connectivity index (χ1v) is 7.29. The molecule has 1 atom stereocenters. The molecule has 19 heavy (non-hydrogen) atoms. The molecule has 1 saturated carbocycles. The maximum Gasteiger partial charge on any atom is 0.354 e. The van der Waals surface area contributed by atoms with E-state index in [1.54, 1.807) is 0 Å². The van der Waals surface area contributed by atoms with Crippen LogP contribution in [0.5, 0.6) is 0 Å². The van der Waals surface area contributed by atoms with E-state index in [1.165, 1.54) is 0 Å². The van der Waals surface area contributed by atoms with E-state index in [9.17, 15) is 9.90 Å². The minimum absolute atomic E-state index is 0.270. The Labute approximate surface area is 115 Å². The van der Waals surface area contributed by atoms with Crippen molar-refractivity contribution in [1.82, 2.24) is 4.98 Å². The van der Waals surface area contributed by atoms with Crippen LogP contribution in [0.2, 0.25) is 0 Å². The van der Waals surface area contributed by atoms with Crippen LogP contribution in [-0.4, -0.2) is 16.1 Å². The van der Waals surface area contributed by atoms with Gasteiger partial charge in [0.2, 0.25) is 0 Å². The third kappa shape index (κ3) is 3.14. The molecule has 3 nitrogen and oxygen atoms in total. The highest BCUT2D eigenvalue weighted by Crippen LogP contribution is 2.40. The summed E-state index contributed by atoms with van der Waals surface area (Å²) >= 11 is 0. The second kappa shape index (κ2) is 5.72. The summed E-state index contributed by atoms with van der Waals surface area (Å²) in [5, 5.41) is 9.43. The Hall–Kier alpha value is -1.38. The molecule has 0 bridgehead atoms. The van der Waals surface area contributed by atoms with Gasteiger partial charge < -0.3 is 5.11 Å². The van der Waals surface area contributed by atoms with Crippen LogP contribution < -0.4 is 0 Å². The molecule has 1 aromatic rings. The number of hydrogen-bond donors (Lipinski definition) is 1. The monoisotopic (exact) mass is 261 g/mol. The number of nitrogens with zero attached hydrogens (tertiary/aromatic N) is 1. The summed E-state index contributed by atoms with van der Waals surface area (Å²) in [5.74, 6) is -0.118. The van der Waals surface area contributed by atoms with E-state index in [-0.39, 0.29) is 11.6 Å². The Bertz CT molecular complexity index is 478. The van der Waals surface area contributed by atoms with Crippen molar-refractivity contribution < 1.29 is 9.90 Å². The molecule has 2 rings (SSSR count). The fourth-order valence-electron chi connectivity index (χ4n) is 2.74. The molecule has 1 unspecified atom stereocenters. The number of aromatic carboxylic acids is 1. The van der Waals surface area contributed by atoms with E-state index < -0.39 is 5.97 Å². The quantitative estimate of drug-likeness (QED) is 0.832. The molecule has 1 fully saturated rings. The van der Waals surface area contributed by atoms with Crippen LogP contribution in [0.1, 0.15) is 85.1 Å². The second-order valence-corrected chi connectivity index (χ2v) is 5.75. The lowest BCUT2D eigenvalue weighted by atomic mass is 9.90. The van der Waals surface area contributed by atoms with Gasteiger partial charge in [-0.1, -0.05) is 26.7 Å². The van der Waals surface area contributed by atoms with Gasteiger partial charge in [-0.05, 0) is 49.3 Å². The number of carboxylic acid groups (broad SMARTS) is 1. The first kappa shape index (κ1) is 14.0. The Morgan fingerprint density at radius 1 is 1.53 bits per heavy atom. The molecular weight excluding hydrogens is 238 g/mol. The molecule has 1 aliphatic carbocycles. The number of unbranched alkanes of at least 4 members (excludes halogenated alkanes) is 1. The van der Waals surface area contributed by atoms with Crippen molar-refractivity contribution >= 4 is 5.97 Å². The predicted molar refractivity (Wildman–Crippen MR) is 75.8 cm³/mol. The van der Waals surface area contributed by atoms with Crippen LogP contribution in [-0.2, 0) is 0 Å². The van der Waals surface area contributed by atoms with Crippen molar-refractivity contribution in [2.45, 2.75) is 64.7 Å². The molecule has 1 N–H and O–H groups in total. The zero-order valence-electron chi connectivity index (χ0n) is 12.1. The van der Waals surface area contributed by atoms with Crippen LogP contribution in [0.15, 0.2) is 6.07 Å². The standard InChI is InChI=1S/C16H23NO2/c1-4-5-6-10(2)14-11(3)9-13(12-7-8-12)17-15(14)16(18)19/h9-10,12H,4-8H2,1-3H3,(H,18,19). The normalized spacial score (nSPS) is 16.4. The SMILES string of the molecule is CCCCC(C)c1c(C)cc(C2CC2)nc1C(=O)O. The van der Waals surface area contributed by atoms with Gasteiger partial charge in [0.25, 0.3) is 0 Å². The second-order valence-electron chi connectivity index (χ2n) is 5.75. The molecule has 0 aromatic carbocycles. The summed E-state index contributed by atoms with van der Waals surface area (Å²) in [4.78, 5) is 15.9. The third-order valence-corrected chi connectivity index (χ3v) is 3.97. The molecule has 0 radical (unpaired) electrons. The Morgan fingerprint density at radius 3 is 2.74 bits per heavy atom. The zero-order chi connectivity index (χ0) is 14.0. The van der Waals surface area contributed by atoms with Crippen LogP contribution >= 0.6 is 0 Å². The number of carbonyl (C=O) groups is 1. The average Bonchev–Trinajstić information content (AvgIpc) is 3.18. The van der Waals surface area contributed by atoms with Gasteiger partial charge in [-0.3, -0.25) is 0 Å². The lowest BCUT2D eigenvalue weighted by Crippen LogP contribution is -2.12. The van der Waals surface area contributed by atoms with Gasteiger partial charge in [0.05, 0.1) is 0 Å². The summed E-state index contributed by atoms with van der Waals surface area (Å²) in [6.45, 7) is 6.30. The lowest BCUT2D eigenvalue weighted by Gasteiger charge is -2.17. The van der Waals surface area contributed by atoms with Gasteiger partial charge >= 0.3 is 5.97 Å². The minimum atomic E-state index is -0.885. The topological polar surface area (TPSA) is 50.2 Å². The molecule has 1 aromatic heterocycles. The first-order valence-electron chi connectivity index (χ1n) is 7.29. The van der Waals surface area contributed by atoms with Gasteiger partial charge in [-0.25, -0.2) is 9.78 Å². The van der Waals surface area contributed by atoms with Crippen LogP contribution in [0.3, 0.4) is 0 Å². The molecule has 0 saturated heterocycles. The fraction of sp³-hybridized carbons (Fsp3) is 0.625. The summed E-state index contributed by atoms with van der Waals surface area (Å²) < 4.78 is 0. The molecule has 104 valence electrons. The van der Waals surface area contributed by atoms with Gasteiger partial charge in [0.15, 0.2) is 5.69 Å². The van der Waals surface area contributed by atoms with E-state index >= 15 is 0 Å². The highest BCUT2D eigenvalue weighted by Gasteiger charge is 2.28. The summed E-state index contributed by atoms with van der Waals surface area (Å²) in [6, 6.07) is 2.10. The Balaban J connectivity index is 2.37. The van der Waals surface area contributed by atoms with Crippen molar-refractivity contribution in [3.05, 3.63) is 28.6 Å². The number of hydrogen-bond acceptors (Lipinski definition) is 2. The van der Waals surface area contributed by atoms with Crippen molar-refractivity contribution in [1.29, 1.82) is 0 Å². The maximum atomic E-state index is 11.5. The summed E-state index contributed by atoms with van der Waals surface area (Å²) in [5.41, 5.74) is 3.29. The van der Waals surface area contributed by atoms with Crippen molar-refractivity contribution in [2.24, 2.45) is 0 Å². The van der Waals surface area contributed by atoms with Gasteiger partial charge in [-0.15, -0.1) is 0 Å². The lowest BCUT2D eigenvalue weighted by molar-refractivity contribution is 0.0688. The molecule has 0 aliphatic heterocycles. The Kier molecular flexibility index (Phi) is 4.23. The number of aromatic nitrogens is 1. The van der Waals surface area contributed by atoms with Crippen LogP contribution in [0.25, 0.3) is 0 Å². The summed E-state index contributed by atoms with van der Waals surface area (Å²) in [6.07, 6.45) is 5.60. The number of aryl methyl sites for hydroxylation is 1. The molecular formula is C16H23NO2. The van der Waals surface area contributed by atoms with E-state index in [0.717, 1.165) is 48.9 Å². The highest BCUT2D eigenvalue weighted by molar-refractivity contribution is 5.88. The smallest absolute Gasteiger partial charge is 0.354 e. The first-order chi connectivity index (χ1) is 9.04. The van der Waals surface area contributed by atoms with Gasteiger partial charge in [-0.2, -0.15) is 0 Å². The molecule has 0 spiro atoms. The van der Waals surface area contributed by atoms with Gasteiger partial charge in [0.1, 0.15) is 0 Å². The highest BCUT2D eigenvalue weighted by atomic mass is 16.4. The van der Waals surface area contributed by atoms with E-state index in [1.807, 2.05) is 6.92 Å². The third-order valence-electron chi connectivity index (χ3n) is 3.97. The average molecular weight is 261 g/mol. The summed E-state index contributed by atoms with van der Waals surface area (Å²) in [7, 11) is 0. The van der Waals surface area contributed by atoms with E-state index in [2.05, 4.69) is 24.9 Å². The molecule has 1 heterocycles. The maximum absolute atomic E-state index is 11.5. The fourth-order valence-corrected chi connectivity index (χ4v) is 2.74. The van der Waals surface area contributed by atoms with Gasteiger partial charge in [0, 0.05) is 11.6 Å². The van der Waals surface area contributed by atoms with E-state index in [4.69, 9.17) is 0 Å². The van der Waals surface area contributed by atoms with Crippen LogP contribution in [0, 0.1) is 6.92 Å². The largest absolute Gasteiger partial charge is 0.477 e.